The summed E-state index contributed by atoms with van der Waals surface area (Å²) < 4.78 is 5.56. The molecule has 0 bridgehead atoms. The number of nitrogens with zero attached hydrogens (tertiary/aromatic N) is 3. The zero-order chi connectivity index (χ0) is 18.5. The molecule has 1 aromatic heterocycles. The number of hydrazine groups is 1. The molecule has 0 saturated carbocycles. The van der Waals surface area contributed by atoms with Gasteiger partial charge in [-0.25, -0.2) is 5.84 Å². The molecule has 2 heterocycles. The number of hydrogen-bond donors (Lipinski definition) is 2. The van der Waals surface area contributed by atoms with Gasteiger partial charge in [0.05, 0.1) is 24.5 Å². The number of aryl methyl sites for hydroxylation is 1. The first-order valence-electron chi connectivity index (χ1n) is 8.91. The van der Waals surface area contributed by atoms with Crippen LogP contribution in [0.15, 0.2) is 48.8 Å². The Morgan fingerprint density at radius 3 is 2.77 bits per heavy atom. The van der Waals surface area contributed by atoms with Crippen molar-refractivity contribution in [3.8, 4) is 5.75 Å². The minimum atomic E-state index is 0.248. The van der Waals surface area contributed by atoms with Crippen molar-refractivity contribution in [1.29, 1.82) is 0 Å². The van der Waals surface area contributed by atoms with Crippen LogP contribution in [0.2, 0.25) is 0 Å². The summed E-state index contributed by atoms with van der Waals surface area (Å²) in [6.07, 6.45) is 4.52. The Morgan fingerprint density at radius 2 is 2.12 bits per heavy atom. The van der Waals surface area contributed by atoms with Crippen molar-refractivity contribution >= 4 is 5.70 Å². The second kappa shape index (κ2) is 8.21. The second-order valence-electron chi connectivity index (χ2n) is 6.55. The summed E-state index contributed by atoms with van der Waals surface area (Å²) in [6.45, 7) is 4.73. The molecule has 3 rings (SSSR count). The lowest BCUT2D eigenvalue weighted by Crippen LogP contribution is -2.59. The molecule has 1 saturated heterocycles. The standard InChI is InChI=1S/C20H27N5O/c1-3-15-7-6-9-18(20(15)26-2)19(21)14-25(22)17-12-24(13-17)11-16-8-4-5-10-23-16/h4-10,14,17H,3,11-13,21-22H2,1-2H3/b19-14-. The molecule has 0 amide bonds. The molecule has 26 heavy (non-hydrogen) atoms. The van der Waals surface area contributed by atoms with Gasteiger partial charge in [0.1, 0.15) is 5.75 Å². The molecule has 0 atom stereocenters. The highest BCUT2D eigenvalue weighted by atomic mass is 16.5. The summed E-state index contributed by atoms with van der Waals surface area (Å²) in [5, 5.41) is 1.71. The molecule has 0 spiro atoms. The number of aromatic nitrogens is 1. The lowest BCUT2D eigenvalue weighted by atomic mass is 10.0. The molecule has 1 aliphatic heterocycles. The van der Waals surface area contributed by atoms with Crippen LogP contribution in [0.4, 0.5) is 0 Å². The Labute approximate surface area is 155 Å². The van der Waals surface area contributed by atoms with Gasteiger partial charge in [-0.15, -0.1) is 0 Å². The molecular formula is C20H27N5O. The van der Waals surface area contributed by atoms with Crippen molar-refractivity contribution in [2.45, 2.75) is 25.9 Å². The van der Waals surface area contributed by atoms with Crippen LogP contribution >= 0.6 is 0 Å². The van der Waals surface area contributed by atoms with Crippen LogP contribution in [0.25, 0.3) is 5.70 Å². The molecular weight excluding hydrogens is 326 g/mol. The normalized spacial score (nSPS) is 15.6. The second-order valence-corrected chi connectivity index (χ2v) is 6.55. The van der Waals surface area contributed by atoms with E-state index in [1.807, 2.05) is 36.5 Å². The predicted octanol–water partition coefficient (Wildman–Crippen LogP) is 1.97. The van der Waals surface area contributed by atoms with Crippen molar-refractivity contribution in [3.05, 3.63) is 65.6 Å². The fraction of sp³-hybridized carbons (Fsp3) is 0.350. The Kier molecular flexibility index (Phi) is 5.75. The summed E-state index contributed by atoms with van der Waals surface area (Å²) in [4.78, 5) is 6.68. The number of nitrogens with two attached hydrogens (primary N) is 2. The summed E-state index contributed by atoms with van der Waals surface area (Å²) in [5.74, 6) is 7.05. The molecule has 138 valence electrons. The van der Waals surface area contributed by atoms with E-state index in [4.69, 9.17) is 16.3 Å². The van der Waals surface area contributed by atoms with Crippen molar-refractivity contribution < 1.29 is 4.74 Å². The zero-order valence-electron chi connectivity index (χ0n) is 15.4. The van der Waals surface area contributed by atoms with E-state index in [1.54, 1.807) is 18.3 Å². The zero-order valence-corrected chi connectivity index (χ0v) is 15.4. The van der Waals surface area contributed by atoms with E-state index in [2.05, 4.69) is 22.9 Å². The lowest BCUT2D eigenvalue weighted by Gasteiger charge is -2.43. The van der Waals surface area contributed by atoms with Crippen LogP contribution in [0.1, 0.15) is 23.7 Å². The van der Waals surface area contributed by atoms with Crippen molar-refractivity contribution in [2.75, 3.05) is 20.2 Å². The first kappa shape index (κ1) is 18.2. The van der Waals surface area contributed by atoms with Gasteiger partial charge in [-0.2, -0.15) is 0 Å². The Bertz CT molecular complexity index is 756. The largest absolute Gasteiger partial charge is 0.496 e. The molecule has 4 N–H and O–H groups in total. The van der Waals surface area contributed by atoms with Crippen LogP contribution in [0.3, 0.4) is 0 Å². The number of rotatable bonds is 7. The first-order chi connectivity index (χ1) is 12.6. The number of hydrogen-bond acceptors (Lipinski definition) is 6. The average molecular weight is 353 g/mol. The number of ether oxygens (including phenoxy) is 1. The highest BCUT2D eigenvalue weighted by Gasteiger charge is 2.29. The molecule has 1 aliphatic rings. The molecule has 1 aromatic carbocycles. The number of pyridine rings is 1. The van der Waals surface area contributed by atoms with Gasteiger partial charge < -0.3 is 15.5 Å². The Hall–Kier alpha value is -2.57. The number of likely N-dealkylation sites (tertiary alicyclic amines) is 1. The predicted molar refractivity (Wildman–Crippen MR) is 104 cm³/mol. The quantitative estimate of drug-likeness (QED) is 0.585. The number of para-hydroxylation sites is 1. The van der Waals surface area contributed by atoms with E-state index in [1.165, 1.54) is 0 Å². The van der Waals surface area contributed by atoms with Gasteiger partial charge in [0, 0.05) is 37.6 Å². The molecule has 0 aliphatic carbocycles. The van der Waals surface area contributed by atoms with Crippen LogP contribution in [0, 0.1) is 0 Å². The van der Waals surface area contributed by atoms with Gasteiger partial charge in [0.25, 0.3) is 0 Å². The van der Waals surface area contributed by atoms with Crippen LogP contribution in [-0.4, -0.2) is 41.1 Å². The molecule has 2 aromatic rings. The van der Waals surface area contributed by atoms with Crippen LogP contribution in [-0.2, 0) is 13.0 Å². The maximum atomic E-state index is 6.31. The highest BCUT2D eigenvalue weighted by molar-refractivity contribution is 5.69. The van der Waals surface area contributed by atoms with Gasteiger partial charge in [-0.05, 0) is 30.2 Å². The maximum Gasteiger partial charge on any atom is 0.131 e. The van der Waals surface area contributed by atoms with Gasteiger partial charge in [0.15, 0.2) is 0 Å². The minimum absolute atomic E-state index is 0.248. The SMILES string of the molecule is CCc1cccc(/C(N)=C/N(N)C2CN(Cc3ccccn3)C2)c1OC. The third kappa shape index (κ3) is 3.98. The van der Waals surface area contributed by atoms with E-state index in [9.17, 15) is 0 Å². The summed E-state index contributed by atoms with van der Waals surface area (Å²) in [6, 6.07) is 12.2. The van der Waals surface area contributed by atoms with Gasteiger partial charge in [0.2, 0.25) is 0 Å². The van der Waals surface area contributed by atoms with Gasteiger partial charge in [-0.3, -0.25) is 9.88 Å². The molecule has 0 unspecified atom stereocenters. The highest BCUT2D eigenvalue weighted by Crippen LogP contribution is 2.28. The van der Waals surface area contributed by atoms with E-state index < -0.39 is 0 Å². The van der Waals surface area contributed by atoms with Gasteiger partial charge in [-0.1, -0.05) is 25.1 Å². The maximum absolute atomic E-state index is 6.31. The van der Waals surface area contributed by atoms with Gasteiger partial charge >= 0.3 is 0 Å². The van der Waals surface area contributed by atoms with Crippen LogP contribution in [0.5, 0.6) is 5.75 Å². The Morgan fingerprint density at radius 1 is 1.31 bits per heavy atom. The topological polar surface area (TPSA) is 80.6 Å². The van der Waals surface area contributed by atoms with E-state index in [0.717, 1.165) is 48.6 Å². The van der Waals surface area contributed by atoms with Crippen LogP contribution < -0.4 is 16.3 Å². The van der Waals surface area contributed by atoms with Crippen molar-refractivity contribution in [2.24, 2.45) is 11.6 Å². The monoisotopic (exact) mass is 353 g/mol. The summed E-state index contributed by atoms with van der Waals surface area (Å²) >= 11 is 0. The van der Waals surface area contributed by atoms with E-state index in [-0.39, 0.29) is 6.04 Å². The van der Waals surface area contributed by atoms with Crippen molar-refractivity contribution in [1.82, 2.24) is 14.9 Å². The van der Waals surface area contributed by atoms with E-state index in [0.29, 0.717) is 5.70 Å². The first-order valence-corrected chi connectivity index (χ1v) is 8.91. The third-order valence-corrected chi connectivity index (χ3v) is 4.75. The summed E-state index contributed by atoms with van der Waals surface area (Å²) in [7, 11) is 1.67. The fourth-order valence-corrected chi connectivity index (χ4v) is 3.25. The summed E-state index contributed by atoms with van der Waals surface area (Å²) in [5.41, 5.74) is 10.0. The molecule has 6 heteroatoms. The average Bonchev–Trinajstić information content (AvgIpc) is 2.64. The number of benzene rings is 1. The minimum Gasteiger partial charge on any atom is -0.496 e. The van der Waals surface area contributed by atoms with E-state index >= 15 is 0 Å². The molecule has 6 nitrogen and oxygen atoms in total. The third-order valence-electron chi connectivity index (χ3n) is 4.75. The lowest BCUT2D eigenvalue weighted by molar-refractivity contribution is 0.0542. The van der Waals surface area contributed by atoms with Crippen molar-refractivity contribution in [3.63, 3.8) is 0 Å². The number of methoxy groups -OCH3 is 1. The Balaban J connectivity index is 1.62. The molecule has 1 fully saturated rings. The molecule has 0 radical (unpaired) electrons. The smallest absolute Gasteiger partial charge is 0.131 e. The fourth-order valence-electron chi connectivity index (χ4n) is 3.25.